The van der Waals surface area contributed by atoms with Gasteiger partial charge in [-0.1, -0.05) is 6.07 Å². The van der Waals surface area contributed by atoms with E-state index >= 15 is 0 Å². The van der Waals surface area contributed by atoms with Gasteiger partial charge in [0.2, 0.25) is 0 Å². The summed E-state index contributed by atoms with van der Waals surface area (Å²) < 4.78 is 21.3. The second kappa shape index (κ2) is 21.1. The predicted octanol–water partition coefficient (Wildman–Crippen LogP) is 7.85. The van der Waals surface area contributed by atoms with Crippen molar-refractivity contribution in [1.29, 1.82) is 0 Å². The van der Waals surface area contributed by atoms with Crippen LogP contribution in [0, 0.1) is 13.8 Å². The number of anilines is 2. The van der Waals surface area contributed by atoms with E-state index in [0.717, 1.165) is 87.7 Å². The molecule has 4 heterocycles. The van der Waals surface area contributed by atoms with E-state index < -0.39 is 0 Å². The monoisotopic (exact) mass is 951 g/mol. The normalized spacial score (nSPS) is 15.0. The van der Waals surface area contributed by atoms with Crippen molar-refractivity contribution >= 4 is 23.2 Å². The second-order valence-corrected chi connectivity index (χ2v) is 19.7. The fraction of sp³-hybridized carbons (Fsp3) is 0.418. The highest BCUT2D eigenvalue weighted by molar-refractivity contribution is 5.98. The Morgan fingerprint density at radius 3 is 1.81 bits per heavy atom. The summed E-state index contributed by atoms with van der Waals surface area (Å²) in [6.07, 6.45) is 7.55. The van der Waals surface area contributed by atoms with Gasteiger partial charge in [-0.2, -0.15) is 10.2 Å². The first-order valence-electron chi connectivity index (χ1n) is 24.3. The van der Waals surface area contributed by atoms with Crippen LogP contribution in [0.3, 0.4) is 0 Å². The maximum Gasteiger partial charge on any atom is 0.252 e. The molecule has 2 saturated heterocycles. The van der Waals surface area contributed by atoms with Crippen LogP contribution in [-0.2, 0) is 11.8 Å². The average molecular weight is 951 g/mol. The molecule has 2 aliphatic rings. The van der Waals surface area contributed by atoms with Gasteiger partial charge in [-0.15, -0.1) is 0 Å². The van der Waals surface area contributed by atoms with Crippen molar-refractivity contribution in [3.63, 3.8) is 0 Å². The standard InChI is InChI=1S/C55H70N10O5/c1-34(2)70-50-20-40(38(6)58-54(66)51-23-45(14-13-35(51)3)63-30-47(31-63)60(7)8)18-42(22-50)44-27-57-65(29-44)53-25-46(64-32-48(33-64)61(9)10)24-52(36(53)4)55(67)59-37(5)39-17-41(43-26-56-62(11)28-43)21-49(19-39)69-16-15-68-12/h13-14,17-29,34,37-38,47-48H,15-16,30-33H2,1-12H3,(H,58,66)(H,59,67)/t37-,38-/m1/s1. The summed E-state index contributed by atoms with van der Waals surface area (Å²) in [5.74, 6) is 1.06. The number of ether oxygens (including phenoxy) is 3. The molecule has 2 atom stereocenters. The quantitative estimate of drug-likeness (QED) is 0.0770. The van der Waals surface area contributed by atoms with Crippen molar-refractivity contribution in [2.24, 2.45) is 7.05 Å². The molecule has 370 valence electrons. The van der Waals surface area contributed by atoms with Crippen LogP contribution in [0.4, 0.5) is 11.4 Å². The Balaban J connectivity index is 1.08. The lowest BCUT2D eigenvalue weighted by Crippen LogP contribution is -2.57. The third kappa shape index (κ3) is 11.2. The van der Waals surface area contributed by atoms with Gasteiger partial charge in [-0.25, -0.2) is 4.68 Å². The summed E-state index contributed by atoms with van der Waals surface area (Å²) in [5, 5.41) is 15.9. The van der Waals surface area contributed by atoms with Gasteiger partial charge in [-0.3, -0.25) is 14.3 Å². The number of nitrogens with one attached hydrogen (secondary N) is 2. The van der Waals surface area contributed by atoms with Crippen LogP contribution < -0.4 is 29.9 Å². The number of hydrogen-bond donors (Lipinski definition) is 2. The van der Waals surface area contributed by atoms with E-state index in [9.17, 15) is 9.59 Å². The Hall–Kier alpha value is -6.68. The highest BCUT2D eigenvalue weighted by Gasteiger charge is 2.31. The number of nitrogens with zero attached hydrogens (tertiary/aromatic N) is 8. The number of amides is 2. The van der Waals surface area contributed by atoms with E-state index in [4.69, 9.17) is 19.3 Å². The minimum Gasteiger partial charge on any atom is -0.491 e. The lowest BCUT2D eigenvalue weighted by atomic mass is 9.99. The molecule has 2 fully saturated rings. The molecular weight excluding hydrogens is 881 g/mol. The zero-order valence-corrected chi connectivity index (χ0v) is 42.9. The van der Waals surface area contributed by atoms with Crippen LogP contribution in [0.5, 0.6) is 11.5 Å². The summed E-state index contributed by atoms with van der Waals surface area (Å²) in [6.45, 7) is 16.3. The number of likely N-dealkylation sites (N-methyl/N-ethyl adjacent to an activating group) is 2. The fourth-order valence-electron chi connectivity index (χ4n) is 9.01. The van der Waals surface area contributed by atoms with Crippen molar-refractivity contribution in [2.45, 2.75) is 71.8 Å². The number of aromatic nitrogens is 4. The molecule has 70 heavy (non-hydrogen) atoms. The zero-order chi connectivity index (χ0) is 50.0. The summed E-state index contributed by atoms with van der Waals surface area (Å²) in [7, 11) is 11.9. The van der Waals surface area contributed by atoms with E-state index in [-0.39, 0.29) is 30.0 Å². The number of methoxy groups -OCH3 is 1. The van der Waals surface area contributed by atoms with E-state index in [1.807, 2.05) is 121 Å². The molecule has 8 rings (SSSR count). The van der Waals surface area contributed by atoms with Gasteiger partial charge < -0.3 is 44.4 Å². The van der Waals surface area contributed by atoms with Crippen molar-refractivity contribution in [2.75, 3.05) is 84.5 Å². The zero-order valence-electron chi connectivity index (χ0n) is 42.9. The van der Waals surface area contributed by atoms with Gasteiger partial charge in [0.1, 0.15) is 18.1 Å². The van der Waals surface area contributed by atoms with Crippen molar-refractivity contribution in [1.82, 2.24) is 40.0 Å². The van der Waals surface area contributed by atoms with Gasteiger partial charge in [0, 0.05) is 98.4 Å². The molecule has 2 aromatic heterocycles. The molecule has 6 aromatic rings. The molecule has 0 bridgehead atoms. The van der Waals surface area contributed by atoms with Gasteiger partial charge in [0.05, 0.1) is 42.9 Å². The van der Waals surface area contributed by atoms with Crippen molar-refractivity contribution in [3.8, 4) is 39.4 Å². The molecule has 0 spiro atoms. The predicted molar refractivity (Wildman–Crippen MR) is 278 cm³/mol. The van der Waals surface area contributed by atoms with Crippen LogP contribution in [-0.4, -0.2) is 134 Å². The van der Waals surface area contributed by atoms with Crippen LogP contribution >= 0.6 is 0 Å². The fourth-order valence-corrected chi connectivity index (χ4v) is 9.01. The number of benzene rings is 4. The number of carbonyl (C=O) groups is 2. The maximum atomic E-state index is 14.6. The topological polar surface area (TPSA) is 134 Å². The molecule has 15 heteroatoms. The molecule has 2 N–H and O–H groups in total. The van der Waals surface area contributed by atoms with E-state index in [0.29, 0.717) is 47.9 Å². The Kier molecular flexibility index (Phi) is 15.0. The van der Waals surface area contributed by atoms with Gasteiger partial charge in [0.25, 0.3) is 11.8 Å². The summed E-state index contributed by atoms with van der Waals surface area (Å²) in [4.78, 5) is 37.7. The molecule has 4 aromatic carbocycles. The number of hydrogen-bond acceptors (Lipinski definition) is 11. The molecule has 0 unspecified atom stereocenters. The van der Waals surface area contributed by atoms with Crippen LogP contribution in [0.2, 0.25) is 0 Å². The second-order valence-electron chi connectivity index (χ2n) is 19.7. The van der Waals surface area contributed by atoms with Crippen LogP contribution in [0.25, 0.3) is 27.9 Å². The largest absolute Gasteiger partial charge is 0.491 e. The molecule has 2 amide bonds. The Labute approximate surface area is 413 Å². The Morgan fingerprint density at radius 2 is 1.23 bits per heavy atom. The van der Waals surface area contributed by atoms with Crippen molar-refractivity contribution < 1.29 is 23.8 Å². The summed E-state index contributed by atoms with van der Waals surface area (Å²) >= 11 is 0. The van der Waals surface area contributed by atoms with Crippen LogP contribution in [0.15, 0.2) is 91.5 Å². The highest BCUT2D eigenvalue weighted by Crippen LogP contribution is 2.35. The SMILES string of the molecule is COCCOc1cc(-c2cnn(C)c2)cc([C@@H](C)NC(=O)c2cc(N3CC(N(C)C)C3)cc(-n3cc(-c4cc(OC(C)C)cc([C@@H](C)NC(=O)c5cc(N6CC(N(C)C)C6)ccc5C)c4)cn3)c2C)c1. The molecule has 15 nitrogen and oxygen atoms in total. The maximum absolute atomic E-state index is 14.6. The third-order valence-electron chi connectivity index (χ3n) is 13.7. The Morgan fingerprint density at radius 1 is 0.671 bits per heavy atom. The Bertz CT molecular complexity index is 2820. The first kappa shape index (κ1) is 49.7. The summed E-state index contributed by atoms with van der Waals surface area (Å²) in [5.41, 5.74) is 11.2. The first-order valence-corrected chi connectivity index (χ1v) is 24.3. The van der Waals surface area contributed by atoms with E-state index in [2.05, 4.69) is 87.8 Å². The molecule has 0 saturated carbocycles. The molecular formula is C55H70N10O5. The van der Waals surface area contributed by atoms with Gasteiger partial charge in [-0.05, 0) is 164 Å². The third-order valence-corrected chi connectivity index (χ3v) is 13.7. The smallest absolute Gasteiger partial charge is 0.252 e. The highest BCUT2D eigenvalue weighted by atomic mass is 16.5. The average Bonchev–Trinajstić information content (AvgIpc) is 3.95. The van der Waals surface area contributed by atoms with Crippen LogP contribution in [0.1, 0.15) is 82.7 Å². The molecule has 0 radical (unpaired) electrons. The number of carbonyl (C=O) groups excluding carboxylic acids is 2. The van der Waals surface area contributed by atoms with Gasteiger partial charge in [0.15, 0.2) is 0 Å². The number of aryl methyl sites for hydroxylation is 2. The minimum atomic E-state index is -0.365. The van der Waals surface area contributed by atoms with Gasteiger partial charge >= 0.3 is 0 Å². The lowest BCUT2D eigenvalue weighted by Gasteiger charge is -2.44. The molecule has 2 aliphatic heterocycles. The van der Waals surface area contributed by atoms with E-state index in [1.54, 1.807) is 11.8 Å². The summed E-state index contributed by atoms with van der Waals surface area (Å²) in [6, 6.07) is 22.6. The minimum absolute atomic E-state index is 0.0673. The lowest BCUT2D eigenvalue weighted by molar-refractivity contribution is 0.0930. The number of rotatable bonds is 19. The first-order chi connectivity index (χ1) is 33.4. The molecule has 0 aliphatic carbocycles. The van der Waals surface area contributed by atoms with Crippen molar-refractivity contribution in [3.05, 3.63) is 125 Å². The van der Waals surface area contributed by atoms with E-state index in [1.165, 1.54) is 0 Å².